The quantitative estimate of drug-likeness (QED) is 0.613. The van der Waals surface area contributed by atoms with Crippen molar-refractivity contribution >= 4 is 5.69 Å². The summed E-state index contributed by atoms with van der Waals surface area (Å²) in [5, 5.41) is 12.5. The second-order valence-corrected chi connectivity index (χ2v) is 4.11. The zero-order chi connectivity index (χ0) is 13.0. The molecule has 1 aliphatic rings. The van der Waals surface area contributed by atoms with E-state index in [2.05, 4.69) is 17.9 Å². The van der Waals surface area contributed by atoms with Crippen molar-refractivity contribution in [2.24, 2.45) is 0 Å². The molecular weight excluding hydrogens is 232 g/mol. The number of nitrogens with zero attached hydrogens (tertiary/aromatic N) is 2. The Balaban J connectivity index is 1.87. The molecule has 0 atom stereocenters. The number of hydrogen-bond donors (Lipinski definition) is 2. The first-order valence-electron chi connectivity index (χ1n) is 5.91. The number of nitro benzene ring substituents is 1. The molecule has 0 aliphatic carbocycles. The van der Waals surface area contributed by atoms with Crippen molar-refractivity contribution in [3.8, 4) is 0 Å². The molecule has 1 aromatic rings. The summed E-state index contributed by atoms with van der Waals surface area (Å²) < 4.78 is 0. The molecule has 2 rings (SSSR count). The Morgan fingerprint density at radius 3 is 2.61 bits per heavy atom. The van der Waals surface area contributed by atoms with E-state index in [0.29, 0.717) is 0 Å². The molecule has 1 heterocycles. The predicted octanol–water partition coefficient (Wildman–Crippen LogP) is 1.71. The third-order valence-corrected chi connectivity index (χ3v) is 2.84. The van der Waals surface area contributed by atoms with E-state index in [1.807, 2.05) is 11.2 Å². The van der Waals surface area contributed by atoms with Gasteiger partial charge in [0.05, 0.1) is 4.92 Å². The summed E-state index contributed by atoms with van der Waals surface area (Å²) in [6, 6.07) is 6.68. The van der Waals surface area contributed by atoms with Crippen LogP contribution in [0.4, 0.5) is 5.69 Å². The van der Waals surface area contributed by atoms with Gasteiger partial charge in [-0.3, -0.25) is 15.1 Å². The number of hydrazine groups is 2. The van der Waals surface area contributed by atoms with E-state index in [1.54, 1.807) is 12.1 Å². The topological polar surface area (TPSA) is 70.4 Å². The molecule has 0 bridgehead atoms. The zero-order valence-electron chi connectivity index (χ0n) is 10.2. The molecule has 0 saturated heterocycles. The van der Waals surface area contributed by atoms with E-state index in [-0.39, 0.29) is 10.6 Å². The first-order valence-corrected chi connectivity index (χ1v) is 5.91. The Hall–Kier alpha value is -2.08. The molecule has 0 radical (unpaired) electrons. The molecule has 0 spiro atoms. The van der Waals surface area contributed by atoms with Crippen LogP contribution in [0.5, 0.6) is 0 Å². The number of allylic oxidation sites excluding steroid dienone is 1. The Morgan fingerprint density at radius 2 is 2.06 bits per heavy atom. The van der Waals surface area contributed by atoms with Gasteiger partial charge in [0.2, 0.25) is 0 Å². The predicted molar refractivity (Wildman–Crippen MR) is 68.2 cm³/mol. The van der Waals surface area contributed by atoms with Crippen molar-refractivity contribution in [3.05, 3.63) is 51.8 Å². The monoisotopic (exact) mass is 248 g/mol. The second kappa shape index (κ2) is 5.50. The molecule has 6 heteroatoms. The summed E-state index contributed by atoms with van der Waals surface area (Å²) in [6.07, 6.45) is 3.83. The highest BCUT2D eigenvalue weighted by Gasteiger charge is 2.09. The standard InChI is InChI=1S/C12H16N4O2/c1-2-11-9-15(14-13-11)8-7-10-3-5-12(6-4-10)16(17)18/h3-6,9,13-14H,2,7-8H2,1H3. The van der Waals surface area contributed by atoms with Crippen LogP contribution in [0.2, 0.25) is 0 Å². The third-order valence-electron chi connectivity index (χ3n) is 2.84. The summed E-state index contributed by atoms with van der Waals surface area (Å²) in [7, 11) is 0. The average molecular weight is 248 g/mol. The number of rotatable bonds is 5. The lowest BCUT2D eigenvalue weighted by Crippen LogP contribution is -2.37. The van der Waals surface area contributed by atoms with Gasteiger partial charge in [-0.1, -0.05) is 19.1 Å². The van der Waals surface area contributed by atoms with Gasteiger partial charge in [-0.05, 0) is 18.4 Å². The van der Waals surface area contributed by atoms with Crippen molar-refractivity contribution in [3.63, 3.8) is 0 Å². The van der Waals surface area contributed by atoms with Gasteiger partial charge in [-0.2, -0.15) is 0 Å². The van der Waals surface area contributed by atoms with Crippen LogP contribution in [0.25, 0.3) is 0 Å². The average Bonchev–Trinajstić information content (AvgIpc) is 2.85. The molecule has 0 unspecified atom stereocenters. The smallest absolute Gasteiger partial charge is 0.269 e. The van der Waals surface area contributed by atoms with Crippen molar-refractivity contribution in [1.29, 1.82) is 0 Å². The number of nitro groups is 1. The highest BCUT2D eigenvalue weighted by molar-refractivity contribution is 5.32. The van der Waals surface area contributed by atoms with Gasteiger partial charge in [-0.25, -0.2) is 0 Å². The minimum Gasteiger partial charge on any atom is -0.306 e. The highest BCUT2D eigenvalue weighted by Crippen LogP contribution is 2.13. The first-order chi connectivity index (χ1) is 8.69. The molecule has 0 saturated carbocycles. The van der Waals surface area contributed by atoms with Crippen molar-refractivity contribution < 1.29 is 4.92 Å². The van der Waals surface area contributed by atoms with Gasteiger partial charge in [0.25, 0.3) is 5.69 Å². The lowest BCUT2D eigenvalue weighted by molar-refractivity contribution is -0.384. The van der Waals surface area contributed by atoms with Crippen LogP contribution < -0.4 is 11.0 Å². The summed E-state index contributed by atoms with van der Waals surface area (Å²) in [5.74, 6) is 0. The third kappa shape index (κ3) is 2.98. The maximum atomic E-state index is 10.5. The minimum atomic E-state index is -0.383. The lowest BCUT2D eigenvalue weighted by Gasteiger charge is -2.14. The van der Waals surface area contributed by atoms with Crippen LogP contribution in [0.3, 0.4) is 0 Å². The highest BCUT2D eigenvalue weighted by atomic mass is 16.6. The maximum absolute atomic E-state index is 10.5. The van der Waals surface area contributed by atoms with Gasteiger partial charge in [0.15, 0.2) is 0 Å². The molecular formula is C12H16N4O2. The van der Waals surface area contributed by atoms with E-state index in [1.165, 1.54) is 12.1 Å². The molecule has 1 aromatic carbocycles. The van der Waals surface area contributed by atoms with Crippen molar-refractivity contribution in [1.82, 2.24) is 16.0 Å². The normalized spacial score (nSPS) is 14.3. The van der Waals surface area contributed by atoms with Gasteiger partial charge >= 0.3 is 0 Å². The van der Waals surface area contributed by atoms with Crippen LogP contribution in [-0.2, 0) is 6.42 Å². The van der Waals surface area contributed by atoms with Gasteiger partial charge in [-0.15, -0.1) is 5.53 Å². The van der Waals surface area contributed by atoms with Gasteiger partial charge in [0.1, 0.15) is 0 Å². The molecule has 1 aliphatic heterocycles. The van der Waals surface area contributed by atoms with Gasteiger partial charge < -0.3 is 5.43 Å². The molecule has 96 valence electrons. The molecule has 2 N–H and O–H groups in total. The number of non-ortho nitro benzene ring substituents is 1. The maximum Gasteiger partial charge on any atom is 0.269 e. The Morgan fingerprint density at radius 1 is 1.33 bits per heavy atom. The fraction of sp³-hybridized carbons (Fsp3) is 0.333. The molecule has 0 fully saturated rings. The fourth-order valence-corrected chi connectivity index (χ4v) is 1.73. The van der Waals surface area contributed by atoms with E-state index < -0.39 is 0 Å². The SMILES string of the molecule is CCC1=CN(CCc2ccc([N+](=O)[O-])cc2)NN1. The summed E-state index contributed by atoms with van der Waals surface area (Å²) >= 11 is 0. The van der Waals surface area contributed by atoms with Gasteiger partial charge in [0, 0.05) is 30.6 Å². The van der Waals surface area contributed by atoms with Crippen LogP contribution in [-0.4, -0.2) is 16.5 Å². The fourth-order valence-electron chi connectivity index (χ4n) is 1.73. The first kappa shape index (κ1) is 12.4. The number of benzene rings is 1. The van der Waals surface area contributed by atoms with E-state index >= 15 is 0 Å². The molecule has 6 nitrogen and oxygen atoms in total. The summed E-state index contributed by atoms with van der Waals surface area (Å²) in [5.41, 5.74) is 8.47. The van der Waals surface area contributed by atoms with E-state index in [9.17, 15) is 10.1 Å². The van der Waals surface area contributed by atoms with E-state index in [4.69, 9.17) is 0 Å². The Labute approximate surface area is 105 Å². The Bertz CT molecular complexity index is 456. The minimum absolute atomic E-state index is 0.132. The second-order valence-electron chi connectivity index (χ2n) is 4.11. The van der Waals surface area contributed by atoms with Crippen LogP contribution in [0, 0.1) is 10.1 Å². The van der Waals surface area contributed by atoms with Crippen LogP contribution >= 0.6 is 0 Å². The molecule has 0 amide bonds. The van der Waals surface area contributed by atoms with Crippen molar-refractivity contribution in [2.75, 3.05) is 6.54 Å². The number of nitrogens with one attached hydrogen (secondary N) is 2. The summed E-state index contributed by atoms with van der Waals surface area (Å²) in [6.45, 7) is 2.90. The molecule has 18 heavy (non-hydrogen) atoms. The lowest BCUT2D eigenvalue weighted by atomic mass is 10.1. The Kier molecular flexibility index (Phi) is 3.78. The largest absolute Gasteiger partial charge is 0.306 e. The molecule has 0 aromatic heterocycles. The summed E-state index contributed by atoms with van der Waals surface area (Å²) in [4.78, 5) is 10.1. The van der Waals surface area contributed by atoms with Crippen LogP contribution in [0.15, 0.2) is 36.2 Å². The zero-order valence-corrected chi connectivity index (χ0v) is 10.2. The van der Waals surface area contributed by atoms with Crippen molar-refractivity contribution in [2.45, 2.75) is 19.8 Å². The van der Waals surface area contributed by atoms with Crippen LogP contribution in [0.1, 0.15) is 18.9 Å². The number of hydrogen-bond acceptors (Lipinski definition) is 5. The van der Waals surface area contributed by atoms with E-state index in [0.717, 1.165) is 30.6 Å².